The quantitative estimate of drug-likeness (QED) is 0.403. The van der Waals surface area contributed by atoms with E-state index in [-0.39, 0.29) is 0 Å². The van der Waals surface area contributed by atoms with E-state index in [1.165, 1.54) is 70.6 Å². The summed E-state index contributed by atoms with van der Waals surface area (Å²) in [6.45, 7) is 9.60. The highest BCUT2D eigenvalue weighted by atomic mass is 16.3. The first kappa shape index (κ1) is 20.0. The molecule has 0 aliphatic heterocycles. The summed E-state index contributed by atoms with van der Waals surface area (Å²) in [5.74, 6) is 2.36. The predicted molar refractivity (Wildman–Crippen MR) is 91.0 cm³/mol. The molecular formula is C19H40O. The highest BCUT2D eigenvalue weighted by Gasteiger charge is 2.13. The maximum absolute atomic E-state index is 9.57. The zero-order valence-electron chi connectivity index (χ0n) is 14.7. The van der Waals surface area contributed by atoms with Gasteiger partial charge in [0.25, 0.3) is 0 Å². The van der Waals surface area contributed by atoms with Crippen LogP contribution in [-0.2, 0) is 0 Å². The molecule has 3 atom stereocenters. The maximum Gasteiger partial charge on any atom is 0.0459 e. The third-order valence-corrected chi connectivity index (χ3v) is 5.01. The minimum Gasteiger partial charge on any atom is -0.396 e. The summed E-state index contributed by atoms with van der Waals surface area (Å²) in [6.07, 6.45) is 14.5. The van der Waals surface area contributed by atoms with Crippen LogP contribution in [0.25, 0.3) is 0 Å². The minimum atomic E-state index is 0.396. The molecule has 0 radical (unpaired) electrons. The Balaban J connectivity index is 3.85. The molecule has 0 heterocycles. The Labute approximate surface area is 128 Å². The molecule has 0 rings (SSSR count). The topological polar surface area (TPSA) is 20.2 Å². The molecule has 20 heavy (non-hydrogen) atoms. The van der Waals surface area contributed by atoms with Crippen LogP contribution >= 0.6 is 0 Å². The second-order valence-electron chi connectivity index (χ2n) is 6.68. The van der Waals surface area contributed by atoms with Gasteiger partial charge < -0.3 is 5.11 Å². The van der Waals surface area contributed by atoms with Crippen molar-refractivity contribution in [2.45, 2.75) is 98.3 Å². The first-order valence-electron chi connectivity index (χ1n) is 9.32. The van der Waals surface area contributed by atoms with Crippen LogP contribution < -0.4 is 0 Å². The second-order valence-corrected chi connectivity index (χ2v) is 6.68. The van der Waals surface area contributed by atoms with Crippen LogP contribution in [0, 0.1) is 17.8 Å². The molecule has 0 aromatic rings. The first-order chi connectivity index (χ1) is 9.71. The van der Waals surface area contributed by atoms with E-state index in [1.54, 1.807) is 0 Å². The van der Waals surface area contributed by atoms with Crippen molar-refractivity contribution in [1.29, 1.82) is 0 Å². The smallest absolute Gasteiger partial charge is 0.0459 e. The summed E-state index contributed by atoms with van der Waals surface area (Å²) in [6, 6.07) is 0. The van der Waals surface area contributed by atoms with Gasteiger partial charge in [0, 0.05) is 6.61 Å². The van der Waals surface area contributed by atoms with Crippen molar-refractivity contribution in [2.75, 3.05) is 6.61 Å². The van der Waals surface area contributed by atoms with E-state index in [9.17, 15) is 5.11 Å². The lowest BCUT2D eigenvalue weighted by atomic mass is 9.87. The molecule has 122 valence electrons. The fraction of sp³-hybridized carbons (Fsp3) is 1.00. The van der Waals surface area contributed by atoms with Gasteiger partial charge in [0.1, 0.15) is 0 Å². The Bertz CT molecular complexity index is 190. The lowest BCUT2D eigenvalue weighted by Gasteiger charge is -2.20. The molecule has 0 saturated heterocycles. The lowest BCUT2D eigenvalue weighted by molar-refractivity contribution is 0.194. The lowest BCUT2D eigenvalue weighted by Crippen LogP contribution is -2.10. The maximum atomic E-state index is 9.57. The van der Waals surface area contributed by atoms with Crippen LogP contribution in [0.1, 0.15) is 98.3 Å². The average Bonchev–Trinajstić information content (AvgIpc) is 2.48. The fourth-order valence-electron chi connectivity index (χ4n) is 3.42. The van der Waals surface area contributed by atoms with Crippen LogP contribution in [0.4, 0.5) is 0 Å². The summed E-state index contributed by atoms with van der Waals surface area (Å²) in [5.41, 5.74) is 0. The van der Waals surface area contributed by atoms with Gasteiger partial charge in [0.2, 0.25) is 0 Å². The van der Waals surface area contributed by atoms with Gasteiger partial charge in [-0.25, -0.2) is 0 Å². The van der Waals surface area contributed by atoms with Gasteiger partial charge in [0.05, 0.1) is 0 Å². The number of rotatable bonds is 14. The van der Waals surface area contributed by atoms with Crippen LogP contribution in [0.15, 0.2) is 0 Å². The van der Waals surface area contributed by atoms with Crippen molar-refractivity contribution in [3.63, 3.8) is 0 Å². The second kappa shape index (κ2) is 13.9. The van der Waals surface area contributed by atoms with Crippen molar-refractivity contribution in [1.82, 2.24) is 0 Å². The largest absolute Gasteiger partial charge is 0.396 e. The zero-order valence-corrected chi connectivity index (χ0v) is 14.7. The van der Waals surface area contributed by atoms with Crippen molar-refractivity contribution in [3.8, 4) is 0 Å². The molecule has 0 spiro atoms. The Morgan fingerprint density at radius 2 is 1.05 bits per heavy atom. The number of hydrogen-bond donors (Lipinski definition) is 1. The Kier molecular flexibility index (Phi) is 13.9. The van der Waals surface area contributed by atoms with E-state index >= 15 is 0 Å². The molecule has 0 aromatic heterocycles. The van der Waals surface area contributed by atoms with Gasteiger partial charge in [-0.2, -0.15) is 0 Å². The Morgan fingerprint density at radius 3 is 1.50 bits per heavy atom. The van der Waals surface area contributed by atoms with Crippen LogP contribution in [0.3, 0.4) is 0 Å². The highest BCUT2D eigenvalue weighted by Crippen LogP contribution is 2.25. The van der Waals surface area contributed by atoms with Crippen LogP contribution in [-0.4, -0.2) is 11.7 Å². The zero-order chi connectivity index (χ0) is 15.2. The van der Waals surface area contributed by atoms with E-state index < -0.39 is 0 Å². The fourth-order valence-corrected chi connectivity index (χ4v) is 3.42. The van der Waals surface area contributed by atoms with E-state index in [2.05, 4.69) is 27.7 Å². The first-order valence-corrected chi connectivity index (χ1v) is 9.32. The number of aliphatic hydroxyl groups is 1. The van der Waals surface area contributed by atoms with Gasteiger partial charge in [-0.3, -0.25) is 0 Å². The molecule has 3 unspecified atom stereocenters. The Hall–Kier alpha value is -0.0400. The van der Waals surface area contributed by atoms with Crippen molar-refractivity contribution in [3.05, 3.63) is 0 Å². The summed E-state index contributed by atoms with van der Waals surface area (Å²) in [7, 11) is 0. The SMILES string of the molecule is CCCC(CC)CCCC(CO)CCC(CC)CCC. The molecule has 0 aliphatic rings. The molecular weight excluding hydrogens is 244 g/mol. The molecule has 1 nitrogen and oxygen atoms in total. The molecule has 1 N–H and O–H groups in total. The monoisotopic (exact) mass is 284 g/mol. The summed E-state index contributed by atoms with van der Waals surface area (Å²) in [5, 5.41) is 9.57. The highest BCUT2D eigenvalue weighted by molar-refractivity contribution is 4.65. The van der Waals surface area contributed by atoms with Gasteiger partial charge >= 0.3 is 0 Å². The average molecular weight is 285 g/mol. The van der Waals surface area contributed by atoms with E-state index in [0.29, 0.717) is 12.5 Å². The van der Waals surface area contributed by atoms with E-state index in [1.807, 2.05) is 0 Å². The minimum absolute atomic E-state index is 0.396. The van der Waals surface area contributed by atoms with E-state index in [4.69, 9.17) is 0 Å². The standard InChI is InChI=1S/C19H40O/c1-5-10-17(7-3)12-9-13-19(16-20)15-14-18(8-4)11-6-2/h17-20H,5-16H2,1-4H3. The summed E-state index contributed by atoms with van der Waals surface area (Å²) < 4.78 is 0. The predicted octanol–water partition coefficient (Wildman–Crippen LogP) is 6.20. The molecule has 0 bridgehead atoms. The number of hydrogen-bond acceptors (Lipinski definition) is 1. The third kappa shape index (κ3) is 9.80. The van der Waals surface area contributed by atoms with Crippen molar-refractivity contribution < 1.29 is 5.11 Å². The normalized spacial score (nSPS) is 16.1. The summed E-state index contributed by atoms with van der Waals surface area (Å²) >= 11 is 0. The molecule has 1 heteroatoms. The van der Waals surface area contributed by atoms with Crippen LogP contribution in [0.2, 0.25) is 0 Å². The van der Waals surface area contributed by atoms with Gasteiger partial charge in [0.15, 0.2) is 0 Å². The molecule has 0 aromatic carbocycles. The Morgan fingerprint density at radius 1 is 0.600 bits per heavy atom. The third-order valence-electron chi connectivity index (χ3n) is 5.01. The molecule has 0 saturated carbocycles. The molecule has 0 aliphatic carbocycles. The summed E-state index contributed by atoms with van der Waals surface area (Å²) in [4.78, 5) is 0. The molecule has 0 amide bonds. The van der Waals surface area contributed by atoms with Gasteiger partial charge in [-0.1, -0.05) is 85.5 Å². The molecule has 0 fully saturated rings. The van der Waals surface area contributed by atoms with Gasteiger partial charge in [-0.05, 0) is 30.6 Å². The van der Waals surface area contributed by atoms with Crippen molar-refractivity contribution >= 4 is 0 Å². The van der Waals surface area contributed by atoms with Gasteiger partial charge in [-0.15, -0.1) is 0 Å². The van der Waals surface area contributed by atoms with Crippen molar-refractivity contribution in [2.24, 2.45) is 17.8 Å². The van der Waals surface area contributed by atoms with E-state index in [0.717, 1.165) is 11.8 Å². The van der Waals surface area contributed by atoms with Crippen LogP contribution in [0.5, 0.6) is 0 Å². The number of aliphatic hydroxyl groups excluding tert-OH is 1.